The van der Waals surface area contributed by atoms with Crippen molar-refractivity contribution in [2.45, 2.75) is 20.8 Å². The Hall–Kier alpha value is -2.95. The van der Waals surface area contributed by atoms with Crippen LogP contribution in [0.25, 0.3) is 22.4 Å². The molecule has 0 aliphatic heterocycles. The summed E-state index contributed by atoms with van der Waals surface area (Å²) < 4.78 is 10.5. The summed E-state index contributed by atoms with van der Waals surface area (Å²) in [7, 11) is 0. The van der Waals surface area contributed by atoms with Crippen molar-refractivity contribution >= 4 is 16.9 Å². The van der Waals surface area contributed by atoms with Gasteiger partial charge in [0.05, 0.1) is 10.9 Å². The van der Waals surface area contributed by atoms with Crippen LogP contribution in [0.2, 0.25) is 0 Å². The van der Waals surface area contributed by atoms with E-state index in [-0.39, 0.29) is 11.9 Å². The smallest absolute Gasteiger partial charge is 0.347 e. The van der Waals surface area contributed by atoms with Gasteiger partial charge >= 0.3 is 11.6 Å². The van der Waals surface area contributed by atoms with E-state index >= 15 is 0 Å². The normalized spacial score (nSPS) is 10.7. The van der Waals surface area contributed by atoms with Gasteiger partial charge in [-0.25, -0.2) is 9.78 Å². The summed E-state index contributed by atoms with van der Waals surface area (Å²) >= 11 is 0. The molecule has 5 heteroatoms. The first-order chi connectivity index (χ1) is 11.0. The molecule has 0 aliphatic rings. The van der Waals surface area contributed by atoms with Crippen LogP contribution in [0.15, 0.2) is 45.6 Å². The molecule has 0 aliphatic carbocycles. The Labute approximate surface area is 132 Å². The molecular weight excluding hydrogens is 294 g/mol. The Morgan fingerprint density at radius 1 is 1.13 bits per heavy atom. The number of rotatable bonds is 2. The van der Waals surface area contributed by atoms with Gasteiger partial charge in [-0.05, 0) is 49.2 Å². The van der Waals surface area contributed by atoms with Gasteiger partial charge in [0, 0.05) is 12.5 Å². The molecule has 0 spiro atoms. The van der Waals surface area contributed by atoms with Crippen molar-refractivity contribution in [1.29, 1.82) is 0 Å². The minimum Gasteiger partial charge on any atom is -0.426 e. The molecule has 23 heavy (non-hydrogen) atoms. The first-order valence-electron chi connectivity index (χ1n) is 7.15. The Bertz CT molecular complexity index is 972. The fourth-order valence-corrected chi connectivity index (χ4v) is 2.42. The molecule has 0 fully saturated rings. The predicted octanol–water partition coefficient (Wildman–Crippen LogP) is 3.40. The summed E-state index contributed by atoms with van der Waals surface area (Å²) in [4.78, 5) is 27.7. The molecule has 3 aromatic rings. The number of hydrogen-bond acceptors (Lipinski definition) is 5. The summed E-state index contributed by atoms with van der Waals surface area (Å²) in [5.41, 5.74) is 2.42. The lowest BCUT2D eigenvalue weighted by Gasteiger charge is -2.10. The summed E-state index contributed by atoms with van der Waals surface area (Å²) in [5, 5.41) is 0.446. The maximum atomic E-state index is 12.1. The lowest BCUT2D eigenvalue weighted by Crippen LogP contribution is -2.05. The number of ether oxygens (including phenoxy) is 1. The van der Waals surface area contributed by atoms with Crippen LogP contribution in [0.4, 0.5) is 0 Å². The van der Waals surface area contributed by atoms with Crippen molar-refractivity contribution in [3.05, 3.63) is 57.9 Å². The Morgan fingerprint density at radius 2 is 1.87 bits per heavy atom. The van der Waals surface area contributed by atoms with E-state index in [1.807, 2.05) is 19.9 Å². The Kier molecular flexibility index (Phi) is 3.70. The number of carbonyl (C=O) groups excluding carboxylic acids is 1. The van der Waals surface area contributed by atoms with E-state index in [1.54, 1.807) is 30.3 Å². The lowest BCUT2D eigenvalue weighted by atomic mass is 10.0. The highest BCUT2D eigenvalue weighted by Crippen LogP contribution is 2.29. The zero-order chi connectivity index (χ0) is 16.6. The molecule has 0 bridgehead atoms. The number of carbonyl (C=O) groups is 1. The van der Waals surface area contributed by atoms with Gasteiger partial charge in [-0.15, -0.1) is 0 Å². The van der Waals surface area contributed by atoms with Gasteiger partial charge in [-0.3, -0.25) is 4.79 Å². The number of para-hydroxylation sites is 1. The van der Waals surface area contributed by atoms with E-state index < -0.39 is 5.63 Å². The third-order valence-corrected chi connectivity index (χ3v) is 3.54. The second-order valence-corrected chi connectivity index (χ2v) is 5.35. The van der Waals surface area contributed by atoms with Crippen molar-refractivity contribution in [2.24, 2.45) is 0 Å². The first kappa shape index (κ1) is 15.0. The largest absolute Gasteiger partial charge is 0.426 e. The molecule has 5 nitrogen and oxygen atoms in total. The highest BCUT2D eigenvalue weighted by Gasteiger charge is 2.14. The van der Waals surface area contributed by atoms with Gasteiger partial charge in [0.2, 0.25) is 5.89 Å². The van der Waals surface area contributed by atoms with Crippen molar-refractivity contribution in [3.8, 4) is 17.2 Å². The van der Waals surface area contributed by atoms with Crippen LogP contribution in [-0.4, -0.2) is 11.0 Å². The van der Waals surface area contributed by atoms with Gasteiger partial charge in [0.25, 0.3) is 0 Å². The van der Waals surface area contributed by atoms with Crippen LogP contribution >= 0.6 is 0 Å². The van der Waals surface area contributed by atoms with E-state index in [2.05, 4.69) is 4.98 Å². The number of hydrogen-bond donors (Lipinski definition) is 0. The number of benzene rings is 2. The first-order valence-corrected chi connectivity index (χ1v) is 7.15. The SMILES string of the molecule is CC(=O)Oc1cc(C)c(-c2nc3ccccc3c(=O)o2)cc1C. The monoisotopic (exact) mass is 309 g/mol. The quantitative estimate of drug-likeness (QED) is 0.536. The molecule has 1 aromatic heterocycles. The Balaban J connectivity index is 2.17. The number of fused-ring (bicyclic) bond motifs is 1. The number of aromatic nitrogens is 1. The molecule has 0 radical (unpaired) electrons. The van der Waals surface area contributed by atoms with Gasteiger partial charge in [0.15, 0.2) is 0 Å². The average Bonchev–Trinajstić information content (AvgIpc) is 2.50. The standard InChI is InChI=1S/C18H15NO4/c1-10-9-16(22-12(3)20)11(2)8-14(10)17-19-15-7-5-4-6-13(15)18(21)23-17/h4-9H,1-3H3. The third-order valence-electron chi connectivity index (χ3n) is 3.54. The predicted molar refractivity (Wildman–Crippen MR) is 86.5 cm³/mol. The summed E-state index contributed by atoms with van der Waals surface area (Å²) in [6.07, 6.45) is 0. The van der Waals surface area contributed by atoms with E-state index in [0.717, 1.165) is 11.1 Å². The molecule has 0 N–H and O–H groups in total. The number of esters is 1. The molecule has 0 saturated heterocycles. The molecule has 0 saturated carbocycles. The van der Waals surface area contributed by atoms with E-state index in [9.17, 15) is 9.59 Å². The van der Waals surface area contributed by atoms with E-state index in [0.29, 0.717) is 22.2 Å². The molecule has 0 atom stereocenters. The highest BCUT2D eigenvalue weighted by molar-refractivity contribution is 5.79. The van der Waals surface area contributed by atoms with Crippen LogP contribution in [-0.2, 0) is 4.79 Å². The maximum Gasteiger partial charge on any atom is 0.347 e. The molecule has 1 heterocycles. The topological polar surface area (TPSA) is 69.4 Å². The highest BCUT2D eigenvalue weighted by atomic mass is 16.5. The van der Waals surface area contributed by atoms with Gasteiger partial charge in [0.1, 0.15) is 5.75 Å². The lowest BCUT2D eigenvalue weighted by molar-refractivity contribution is -0.131. The zero-order valence-corrected chi connectivity index (χ0v) is 13.0. The average molecular weight is 309 g/mol. The van der Waals surface area contributed by atoms with Gasteiger partial charge in [-0.1, -0.05) is 12.1 Å². The zero-order valence-electron chi connectivity index (χ0n) is 13.0. The fourth-order valence-electron chi connectivity index (χ4n) is 2.42. The molecule has 3 rings (SSSR count). The van der Waals surface area contributed by atoms with Gasteiger partial charge < -0.3 is 9.15 Å². The summed E-state index contributed by atoms with van der Waals surface area (Å²) in [6.45, 7) is 5.02. The summed E-state index contributed by atoms with van der Waals surface area (Å²) in [5.74, 6) is 0.362. The van der Waals surface area contributed by atoms with E-state index in [1.165, 1.54) is 6.92 Å². The van der Waals surface area contributed by atoms with Crippen molar-refractivity contribution in [1.82, 2.24) is 4.98 Å². The Morgan fingerprint density at radius 3 is 2.61 bits per heavy atom. The van der Waals surface area contributed by atoms with Crippen molar-refractivity contribution < 1.29 is 13.9 Å². The second-order valence-electron chi connectivity index (χ2n) is 5.35. The third kappa shape index (κ3) is 2.85. The number of aryl methyl sites for hydroxylation is 2. The van der Waals surface area contributed by atoms with Gasteiger partial charge in [-0.2, -0.15) is 0 Å². The minimum atomic E-state index is -0.424. The molecule has 2 aromatic carbocycles. The van der Waals surface area contributed by atoms with Crippen LogP contribution in [0.3, 0.4) is 0 Å². The van der Waals surface area contributed by atoms with Crippen LogP contribution in [0, 0.1) is 13.8 Å². The van der Waals surface area contributed by atoms with Crippen LogP contribution in [0.1, 0.15) is 18.1 Å². The number of nitrogens with zero attached hydrogens (tertiary/aromatic N) is 1. The van der Waals surface area contributed by atoms with Crippen molar-refractivity contribution in [3.63, 3.8) is 0 Å². The summed E-state index contributed by atoms with van der Waals surface area (Å²) in [6, 6.07) is 10.6. The fraction of sp³-hybridized carbons (Fsp3) is 0.167. The minimum absolute atomic E-state index is 0.253. The molecule has 116 valence electrons. The van der Waals surface area contributed by atoms with Crippen molar-refractivity contribution in [2.75, 3.05) is 0 Å². The maximum absolute atomic E-state index is 12.1. The molecular formula is C18H15NO4. The molecule has 0 amide bonds. The van der Waals surface area contributed by atoms with Crippen LogP contribution in [0.5, 0.6) is 5.75 Å². The van der Waals surface area contributed by atoms with Crippen LogP contribution < -0.4 is 10.4 Å². The molecule has 0 unspecified atom stereocenters. The second kappa shape index (κ2) is 5.68. The van der Waals surface area contributed by atoms with E-state index in [4.69, 9.17) is 9.15 Å².